The fourth-order valence-electron chi connectivity index (χ4n) is 3.00. The third-order valence-corrected chi connectivity index (χ3v) is 4.36. The number of likely N-dealkylation sites (tertiary alicyclic amines) is 1. The van der Waals surface area contributed by atoms with Crippen molar-refractivity contribution in [3.05, 3.63) is 29.8 Å². The lowest BCUT2D eigenvalue weighted by Crippen LogP contribution is -2.39. The largest absolute Gasteiger partial charge is 0.492 e. The number of likely N-dealkylation sites (N-methyl/N-ethyl adjacent to an activating group) is 1. The molecule has 6 nitrogen and oxygen atoms in total. The van der Waals surface area contributed by atoms with Gasteiger partial charge in [0.15, 0.2) is 5.96 Å². The molecule has 1 unspecified atom stereocenters. The second-order valence-corrected chi connectivity index (χ2v) is 6.76. The Kier molecular flexibility index (Phi) is 8.01. The van der Waals surface area contributed by atoms with Crippen LogP contribution in [-0.2, 0) is 11.3 Å². The molecule has 1 fully saturated rings. The summed E-state index contributed by atoms with van der Waals surface area (Å²) in [7, 11) is 7.70. The van der Waals surface area contributed by atoms with Gasteiger partial charge < -0.3 is 24.6 Å². The van der Waals surface area contributed by atoms with E-state index in [2.05, 4.69) is 32.2 Å². The molecule has 0 amide bonds. The highest BCUT2D eigenvalue weighted by atomic mass is 16.5. The van der Waals surface area contributed by atoms with Gasteiger partial charge in [0, 0.05) is 46.3 Å². The Bertz CT molecular complexity index is 548. The molecule has 1 aliphatic rings. The fraction of sp³-hybridized carbons (Fsp3) is 0.632. The van der Waals surface area contributed by atoms with Crippen LogP contribution in [0.15, 0.2) is 29.3 Å². The molecule has 0 aromatic heterocycles. The minimum atomic E-state index is 0.594. The van der Waals surface area contributed by atoms with E-state index in [-0.39, 0.29) is 0 Å². The number of hydrogen-bond donors (Lipinski definition) is 1. The van der Waals surface area contributed by atoms with Crippen molar-refractivity contribution >= 4 is 5.96 Å². The van der Waals surface area contributed by atoms with E-state index in [1.165, 1.54) is 5.56 Å². The Morgan fingerprint density at radius 3 is 2.96 bits per heavy atom. The Morgan fingerprint density at radius 2 is 2.24 bits per heavy atom. The van der Waals surface area contributed by atoms with E-state index >= 15 is 0 Å². The molecule has 0 saturated carbocycles. The van der Waals surface area contributed by atoms with Gasteiger partial charge in [0.05, 0.1) is 6.61 Å². The first kappa shape index (κ1) is 19.5. The minimum Gasteiger partial charge on any atom is -0.492 e. The Labute approximate surface area is 151 Å². The van der Waals surface area contributed by atoms with Crippen LogP contribution in [0.4, 0.5) is 0 Å². The van der Waals surface area contributed by atoms with Crippen molar-refractivity contribution in [2.75, 3.05) is 61.1 Å². The SMILES string of the molecule is CN=C(NCc1cccc(OCCN(C)C)c1)N1CCC(COC)C1. The number of hydrogen-bond acceptors (Lipinski definition) is 4. The predicted molar refractivity (Wildman–Crippen MR) is 102 cm³/mol. The molecule has 1 saturated heterocycles. The van der Waals surface area contributed by atoms with Crippen molar-refractivity contribution in [3.63, 3.8) is 0 Å². The van der Waals surface area contributed by atoms with Gasteiger partial charge in [0.2, 0.25) is 0 Å². The van der Waals surface area contributed by atoms with E-state index in [9.17, 15) is 0 Å². The molecular formula is C19H32N4O2. The van der Waals surface area contributed by atoms with Crippen molar-refractivity contribution in [3.8, 4) is 5.75 Å². The van der Waals surface area contributed by atoms with Crippen LogP contribution in [0, 0.1) is 5.92 Å². The van der Waals surface area contributed by atoms with Gasteiger partial charge in [-0.3, -0.25) is 4.99 Å². The molecule has 1 aromatic carbocycles. The summed E-state index contributed by atoms with van der Waals surface area (Å²) < 4.78 is 11.1. The van der Waals surface area contributed by atoms with Crippen molar-refractivity contribution < 1.29 is 9.47 Å². The number of aliphatic imine (C=N–C) groups is 1. The molecule has 1 atom stereocenters. The molecule has 0 spiro atoms. The Morgan fingerprint density at radius 1 is 1.40 bits per heavy atom. The lowest BCUT2D eigenvalue weighted by atomic mass is 10.1. The monoisotopic (exact) mass is 348 g/mol. The summed E-state index contributed by atoms with van der Waals surface area (Å²) in [6.45, 7) is 5.19. The summed E-state index contributed by atoms with van der Waals surface area (Å²) in [6, 6.07) is 8.24. The number of rotatable bonds is 8. The number of ether oxygens (including phenoxy) is 2. The van der Waals surface area contributed by atoms with Gasteiger partial charge >= 0.3 is 0 Å². The zero-order valence-corrected chi connectivity index (χ0v) is 16.0. The first-order valence-electron chi connectivity index (χ1n) is 8.93. The maximum absolute atomic E-state index is 5.81. The topological polar surface area (TPSA) is 49.3 Å². The summed E-state index contributed by atoms with van der Waals surface area (Å²) in [6.07, 6.45) is 1.16. The van der Waals surface area contributed by atoms with Gasteiger partial charge in [-0.1, -0.05) is 12.1 Å². The van der Waals surface area contributed by atoms with E-state index in [0.29, 0.717) is 12.5 Å². The molecule has 0 aliphatic carbocycles. The molecule has 1 aromatic rings. The maximum Gasteiger partial charge on any atom is 0.193 e. The van der Waals surface area contributed by atoms with Crippen LogP contribution >= 0.6 is 0 Å². The molecule has 0 bridgehead atoms. The molecule has 1 heterocycles. The number of methoxy groups -OCH3 is 1. The molecule has 6 heteroatoms. The normalized spacial score (nSPS) is 18.0. The van der Waals surface area contributed by atoms with Crippen molar-refractivity contribution in [1.82, 2.24) is 15.1 Å². The number of guanidine groups is 1. The van der Waals surface area contributed by atoms with Crippen LogP contribution in [0.1, 0.15) is 12.0 Å². The summed E-state index contributed by atoms with van der Waals surface area (Å²) in [5, 5.41) is 3.46. The van der Waals surface area contributed by atoms with Crippen LogP contribution in [0.5, 0.6) is 5.75 Å². The van der Waals surface area contributed by atoms with Gasteiger partial charge in [-0.25, -0.2) is 0 Å². The maximum atomic E-state index is 5.81. The Balaban J connectivity index is 1.83. The molecule has 25 heavy (non-hydrogen) atoms. The molecular weight excluding hydrogens is 316 g/mol. The van der Waals surface area contributed by atoms with E-state index in [1.54, 1.807) is 7.11 Å². The molecule has 2 rings (SSSR count). The van der Waals surface area contributed by atoms with Gasteiger partial charge in [-0.15, -0.1) is 0 Å². The van der Waals surface area contributed by atoms with Gasteiger partial charge in [0.1, 0.15) is 12.4 Å². The van der Waals surface area contributed by atoms with Crippen molar-refractivity contribution in [1.29, 1.82) is 0 Å². The Hall–Kier alpha value is -1.79. The van der Waals surface area contributed by atoms with E-state index in [1.807, 2.05) is 33.3 Å². The number of nitrogens with zero attached hydrogens (tertiary/aromatic N) is 3. The third kappa shape index (κ3) is 6.55. The summed E-state index contributed by atoms with van der Waals surface area (Å²) in [5.74, 6) is 2.46. The van der Waals surface area contributed by atoms with Crippen molar-refractivity contribution in [2.45, 2.75) is 13.0 Å². The zero-order valence-electron chi connectivity index (χ0n) is 16.0. The zero-order chi connectivity index (χ0) is 18.1. The average Bonchev–Trinajstić information content (AvgIpc) is 3.04. The van der Waals surface area contributed by atoms with Crippen molar-refractivity contribution in [2.24, 2.45) is 10.9 Å². The van der Waals surface area contributed by atoms with Gasteiger partial charge in [0.25, 0.3) is 0 Å². The average molecular weight is 348 g/mol. The first-order chi connectivity index (χ1) is 12.1. The molecule has 1 N–H and O–H groups in total. The van der Waals surface area contributed by atoms with Crippen LogP contribution in [0.2, 0.25) is 0 Å². The molecule has 0 radical (unpaired) electrons. The number of nitrogens with one attached hydrogen (secondary N) is 1. The predicted octanol–water partition coefficient (Wildman–Crippen LogP) is 1.67. The van der Waals surface area contributed by atoms with Gasteiger partial charge in [-0.05, 0) is 38.2 Å². The quantitative estimate of drug-likeness (QED) is 0.572. The van der Waals surface area contributed by atoms with Crippen LogP contribution < -0.4 is 10.1 Å². The molecule has 1 aliphatic heterocycles. The second-order valence-electron chi connectivity index (χ2n) is 6.76. The highest BCUT2D eigenvalue weighted by Crippen LogP contribution is 2.17. The summed E-state index contributed by atoms with van der Waals surface area (Å²) in [5.41, 5.74) is 1.19. The first-order valence-corrected chi connectivity index (χ1v) is 8.93. The highest BCUT2D eigenvalue weighted by Gasteiger charge is 2.24. The third-order valence-electron chi connectivity index (χ3n) is 4.36. The fourth-order valence-corrected chi connectivity index (χ4v) is 3.00. The van der Waals surface area contributed by atoms with E-state index < -0.39 is 0 Å². The summed E-state index contributed by atoms with van der Waals surface area (Å²) >= 11 is 0. The van der Waals surface area contributed by atoms with Crippen LogP contribution in [-0.4, -0.2) is 76.9 Å². The number of benzene rings is 1. The van der Waals surface area contributed by atoms with E-state index in [4.69, 9.17) is 9.47 Å². The van der Waals surface area contributed by atoms with Crippen LogP contribution in [0.3, 0.4) is 0 Å². The smallest absolute Gasteiger partial charge is 0.193 e. The molecule has 140 valence electrons. The van der Waals surface area contributed by atoms with Gasteiger partial charge in [-0.2, -0.15) is 0 Å². The summed E-state index contributed by atoms with van der Waals surface area (Å²) in [4.78, 5) is 8.85. The minimum absolute atomic E-state index is 0.594. The standard InChI is InChI=1S/C19H32N4O2/c1-20-19(23-9-8-17(14-23)15-24-4)21-13-16-6-5-7-18(12-16)25-11-10-22(2)3/h5-7,12,17H,8-11,13-15H2,1-4H3,(H,20,21). The lowest BCUT2D eigenvalue weighted by molar-refractivity contribution is 0.157. The van der Waals surface area contributed by atoms with E-state index in [0.717, 1.165) is 50.9 Å². The lowest BCUT2D eigenvalue weighted by Gasteiger charge is -2.22. The van der Waals surface area contributed by atoms with Crippen LogP contribution in [0.25, 0.3) is 0 Å². The second kappa shape index (κ2) is 10.3. The highest BCUT2D eigenvalue weighted by molar-refractivity contribution is 5.80.